The third-order valence-electron chi connectivity index (χ3n) is 3.48. The third kappa shape index (κ3) is 5.02. The van der Waals surface area contributed by atoms with E-state index in [0.717, 1.165) is 5.69 Å². The monoisotopic (exact) mass is 381 g/mol. The van der Waals surface area contributed by atoms with Gasteiger partial charge in [-0.1, -0.05) is 29.8 Å². The fourth-order valence-electron chi connectivity index (χ4n) is 2.32. The van der Waals surface area contributed by atoms with Crippen LogP contribution in [0.1, 0.15) is 17.3 Å². The Balaban J connectivity index is 1.66. The second kappa shape index (κ2) is 8.29. The van der Waals surface area contributed by atoms with E-state index in [0.29, 0.717) is 27.9 Å². The Morgan fingerprint density at radius 1 is 0.852 bits per heavy atom. The molecule has 27 heavy (non-hydrogen) atoms. The van der Waals surface area contributed by atoms with Gasteiger partial charge in [-0.15, -0.1) is 10.2 Å². The molecule has 3 rings (SSSR count). The maximum Gasteiger partial charge on any atom is 0.258 e. The molecule has 0 radical (unpaired) electrons. The van der Waals surface area contributed by atoms with Crippen LogP contribution in [0, 0.1) is 0 Å². The fourth-order valence-corrected chi connectivity index (χ4v) is 2.54. The number of amides is 2. The van der Waals surface area contributed by atoms with E-state index in [1.54, 1.807) is 54.6 Å². The third-order valence-corrected chi connectivity index (χ3v) is 3.81. The van der Waals surface area contributed by atoms with Crippen LogP contribution in [-0.4, -0.2) is 22.0 Å². The number of aromatic nitrogens is 2. The number of hydrogen-bond acceptors (Lipinski definition) is 5. The van der Waals surface area contributed by atoms with Crippen LogP contribution < -0.4 is 16.0 Å². The van der Waals surface area contributed by atoms with Crippen molar-refractivity contribution in [2.45, 2.75) is 6.92 Å². The number of carbonyl (C=O) groups excluding carboxylic acids is 2. The number of hydrogen-bond donors (Lipinski definition) is 3. The Bertz CT molecular complexity index is 976. The van der Waals surface area contributed by atoms with Crippen molar-refractivity contribution >= 4 is 46.4 Å². The minimum atomic E-state index is -0.362. The number of anilines is 4. The molecule has 0 bridgehead atoms. The van der Waals surface area contributed by atoms with Crippen molar-refractivity contribution in [2.75, 3.05) is 16.0 Å². The zero-order valence-electron chi connectivity index (χ0n) is 14.4. The summed E-state index contributed by atoms with van der Waals surface area (Å²) in [4.78, 5) is 23.4. The van der Waals surface area contributed by atoms with Crippen LogP contribution in [0.4, 0.5) is 23.0 Å². The average molecular weight is 382 g/mol. The van der Waals surface area contributed by atoms with Crippen LogP contribution >= 0.6 is 11.6 Å². The van der Waals surface area contributed by atoms with Crippen molar-refractivity contribution in [3.8, 4) is 0 Å². The Kier molecular flexibility index (Phi) is 5.63. The van der Waals surface area contributed by atoms with Crippen molar-refractivity contribution in [1.29, 1.82) is 0 Å². The van der Waals surface area contributed by atoms with Crippen molar-refractivity contribution in [3.63, 3.8) is 0 Å². The maximum atomic E-state index is 12.2. The molecule has 8 heteroatoms. The van der Waals surface area contributed by atoms with Crippen LogP contribution in [0.3, 0.4) is 0 Å². The van der Waals surface area contributed by atoms with Gasteiger partial charge in [0.25, 0.3) is 5.91 Å². The molecular formula is C19H16ClN5O2. The van der Waals surface area contributed by atoms with E-state index in [9.17, 15) is 9.59 Å². The van der Waals surface area contributed by atoms with Crippen LogP contribution in [0.5, 0.6) is 0 Å². The topological polar surface area (TPSA) is 96.0 Å². The molecule has 0 aliphatic carbocycles. The number of carbonyl (C=O) groups is 2. The highest BCUT2D eigenvalue weighted by molar-refractivity contribution is 6.34. The molecule has 1 aromatic heterocycles. The van der Waals surface area contributed by atoms with Crippen molar-refractivity contribution in [3.05, 3.63) is 71.2 Å². The highest BCUT2D eigenvalue weighted by atomic mass is 35.5. The summed E-state index contributed by atoms with van der Waals surface area (Å²) >= 11 is 6.01. The van der Waals surface area contributed by atoms with Crippen LogP contribution in [0.15, 0.2) is 60.7 Å². The van der Waals surface area contributed by atoms with E-state index in [1.165, 1.54) is 6.92 Å². The fraction of sp³-hybridized carbons (Fsp3) is 0.0526. The van der Waals surface area contributed by atoms with Gasteiger partial charge in [-0.05, 0) is 42.5 Å². The van der Waals surface area contributed by atoms with Crippen LogP contribution in [0.2, 0.25) is 5.02 Å². The minimum absolute atomic E-state index is 0.148. The Labute approximate surface area is 160 Å². The second-order valence-electron chi connectivity index (χ2n) is 5.62. The molecule has 1 heterocycles. The minimum Gasteiger partial charge on any atom is -0.339 e. The van der Waals surface area contributed by atoms with Gasteiger partial charge in [-0.3, -0.25) is 9.59 Å². The summed E-state index contributed by atoms with van der Waals surface area (Å²) in [6.07, 6.45) is 0. The van der Waals surface area contributed by atoms with E-state index >= 15 is 0 Å². The molecule has 2 amide bonds. The van der Waals surface area contributed by atoms with E-state index in [-0.39, 0.29) is 11.8 Å². The molecule has 3 aromatic rings. The lowest BCUT2D eigenvalue weighted by atomic mass is 10.2. The van der Waals surface area contributed by atoms with Gasteiger partial charge in [0.05, 0.1) is 10.6 Å². The summed E-state index contributed by atoms with van der Waals surface area (Å²) < 4.78 is 0. The molecular weight excluding hydrogens is 366 g/mol. The molecule has 2 aromatic carbocycles. The lowest BCUT2D eigenvalue weighted by Gasteiger charge is -2.09. The standard InChI is InChI=1S/C19H16ClN5O2/c1-12(26)21-13-5-4-6-14(11-13)22-17-9-10-18(25-24-17)23-19(27)15-7-2-3-8-16(15)20/h2-11H,1H3,(H,21,26)(H,22,24)(H,23,25,27). The second-order valence-corrected chi connectivity index (χ2v) is 6.03. The Hall–Kier alpha value is -3.45. The first kappa shape index (κ1) is 18.3. The van der Waals surface area contributed by atoms with E-state index in [4.69, 9.17) is 11.6 Å². The normalized spacial score (nSPS) is 10.1. The Morgan fingerprint density at radius 2 is 1.56 bits per heavy atom. The quantitative estimate of drug-likeness (QED) is 0.618. The van der Waals surface area contributed by atoms with Gasteiger partial charge in [0, 0.05) is 18.3 Å². The summed E-state index contributed by atoms with van der Waals surface area (Å²) in [5.74, 6) is 0.285. The van der Waals surface area contributed by atoms with Gasteiger partial charge < -0.3 is 16.0 Å². The highest BCUT2D eigenvalue weighted by Crippen LogP contribution is 2.20. The molecule has 0 aliphatic rings. The summed E-state index contributed by atoms with van der Waals surface area (Å²) in [5, 5.41) is 16.8. The number of benzene rings is 2. The average Bonchev–Trinajstić information content (AvgIpc) is 2.63. The first-order valence-electron chi connectivity index (χ1n) is 8.05. The zero-order valence-corrected chi connectivity index (χ0v) is 15.1. The number of nitrogens with zero attached hydrogens (tertiary/aromatic N) is 2. The molecule has 0 unspecified atom stereocenters. The number of halogens is 1. The Morgan fingerprint density at radius 3 is 2.26 bits per heavy atom. The van der Waals surface area contributed by atoms with Gasteiger partial charge in [-0.2, -0.15) is 0 Å². The predicted molar refractivity (Wildman–Crippen MR) is 105 cm³/mol. The first-order chi connectivity index (χ1) is 13.0. The largest absolute Gasteiger partial charge is 0.339 e. The van der Waals surface area contributed by atoms with E-state index in [2.05, 4.69) is 26.1 Å². The zero-order chi connectivity index (χ0) is 19.2. The van der Waals surface area contributed by atoms with E-state index < -0.39 is 0 Å². The molecule has 7 nitrogen and oxygen atoms in total. The molecule has 0 spiro atoms. The summed E-state index contributed by atoms with van der Waals surface area (Å²) in [7, 11) is 0. The summed E-state index contributed by atoms with van der Waals surface area (Å²) in [5.41, 5.74) is 1.77. The number of nitrogens with one attached hydrogen (secondary N) is 3. The van der Waals surface area contributed by atoms with Crippen molar-refractivity contribution in [1.82, 2.24) is 10.2 Å². The van der Waals surface area contributed by atoms with E-state index in [1.807, 2.05) is 6.07 Å². The maximum absolute atomic E-state index is 12.2. The van der Waals surface area contributed by atoms with Gasteiger partial charge >= 0.3 is 0 Å². The number of rotatable bonds is 5. The molecule has 0 fully saturated rings. The lowest BCUT2D eigenvalue weighted by molar-refractivity contribution is -0.114. The van der Waals surface area contributed by atoms with Gasteiger partial charge in [0.1, 0.15) is 0 Å². The highest BCUT2D eigenvalue weighted by Gasteiger charge is 2.10. The molecule has 0 aliphatic heterocycles. The SMILES string of the molecule is CC(=O)Nc1cccc(Nc2ccc(NC(=O)c3ccccc3Cl)nn2)c1. The summed E-state index contributed by atoms with van der Waals surface area (Å²) in [6.45, 7) is 1.45. The van der Waals surface area contributed by atoms with Crippen LogP contribution in [0.25, 0.3) is 0 Å². The molecule has 0 atom stereocenters. The lowest BCUT2D eigenvalue weighted by Crippen LogP contribution is -2.14. The van der Waals surface area contributed by atoms with Crippen molar-refractivity contribution < 1.29 is 9.59 Å². The molecule has 136 valence electrons. The smallest absolute Gasteiger partial charge is 0.258 e. The first-order valence-corrected chi connectivity index (χ1v) is 8.43. The molecule has 0 saturated carbocycles. The summed E-state index contributed by atoms with van der Waals surface area (Å²) in [6, 6.07) is 17.3. The molecule has 0 saturated heterocycles. The van der Waals surface area contributed by atoms with Gasteiger partial charge in [0.15, 0.2) is 11.6 Å². The molecule has 3 N–H and O–H groups in total. The van der Waals surface area contributed by atoms with Crippen LogP contribution in [-0.2, 0) is 4.79 Å². The van der Waals surface area contributed by atoms with Crippen molar-refractivity contribution in [2.24, 2.45) is 0 Å². The van der Waals surface area contributed by atoms with Gasteiger partial charge in [0.2, 0.25) is 5.91 Å². The predicted octanol–water partition coefficient (Wildman–Crippen LogP) is 4.08. The van der Waals surface area contributed by atoms with Gasteiger partial charge in [-0.25, -0.2) is 0 Å².